The van der Waals surface area contributed by atoms with Gasteiger partial charge in [0.1, 0.15) is 5.82 Å². The SMILES string of the molecule is CNC1CCCN(S(=O)(=O)c2cc(F)cc(C(=O)OC)c2)C1. The second-order valence-electron chi connectivity index (χ2n) is 5.16. The molecule has 1 unspecified atom stereocenters. The van der Waals surface area contributed by atoms with Crippen LogP contribution in [0.15, 0.2) is 23.1 Å². The lowest BCUT2D eigenvalue weighted by atomic mass is 10.1. The first kappa shape index (κ1) is 16.9. The second-order valence-corrected chi connectivity index (χ2v) is 7.10. The number of halogens is 1. The molecule has 1 aliphatic heterocycles. The molecule has 0 spiro atoms. The number of rotatable bonds is 4. The van der Waals surface area contributed by atoms with Crippen molar-refractivity contribution in [2.75, 3.05) is 27.2 Å². The van der Waals surface area contributed by atoms with Gasteiger partial charge in [-0.05, 0) is 38.1 Å². The maximum absolute atomic E-state index is 13.7. The van der Waals surface area contributed by atoms with Gasteiger partial charge in [-0.25, -0.2) is 17.6 Å². The molecule has 1 aliphatic rings. The van der Waals surface area contributed by atoms with E-state index in [1.807, 2.05) is 0 Å². The summed E-state index contributed by atoms with van der Waals surface area (Å²) in [6.07, 6.45) is 1.61. The number of sulfonamides is 1. The van der Waals surface area contributed by atoms with Crippen LogP contribution in [0.1, 0.15) is 23.2 Å². The van der Waals surface area contributed by atoms with Gasteiger partial charge in [0, 0.05) is 19.1 Å². The Labute approximate surface area is 129 Å². The molecule has 2 rings (SSSR count). The highest BCUT2D eigenvalue weighted by Crippen LogP contribution is 2.23. The fourth-order valence-corrected chi connectivity index (χ4v) is 4.07. The van der Waals surface area contributed by atoms with Crippen LogP contribution in [0.2, 0.25) is 0 Å². The maximum atomic E-state index is 13.7. The summed E-state index contributed by atoms with van der Waals surface area (Å²) in [5.41, 5.74) is -0.122. The van der Waals surface area contributed by atoms with Crippen molar-refractivity contribution in [2.45, 2.75) is 23.8 Å². The Hall–Kier alpha value is -1.51. The third-order valence-electron chi connectivity index (χ3n) is 3.72. The number of ether oxygens (including phenoxy) is 1. The minimum Gasteiger partial charge on any atom is -0.465 e. The zero-order valence-corrected chi connectivity index (χ0v) is 13.3. The topological polar surface area (TPSA) is 75.7 Å². The van der Waals surface area contributed by atoms with Crippen LogP contribution in [0.3, 0.4) is 0 Å². The van der Waals surface area contributed by atoms with Gasteiger partial charge in [-0.2, -0.15) is 4.31 Å². The van der Waals surface area contributed by atoms with E-state index in [2.05, 4.69) is 10.1 Å². The molecule has 1 aromatic carbocycles. The van der Waals surface area contributed by atoms with E-state index in [0.717, 1.165) is 38.2 Å². The first-order chi connectivity index (χ1) is 10.4. The normalized spacial score (nSPS) is 19.9. The first-order valence-corrected chi connectivity index (χ1v) is 8.39. The number of benzene rings is 1. The number of likely N-dealkylation sites (N-methyl/N-ethyl adjacent to an activating group) is 1. The van der Waals surface area contributed by atoms with Crippen molar-refractivity contribution >= 4 is 16.0 Å². The summed E-state index contributed by atoms with van der Waals surface area (Å²) in [7, 11) is -0.914. The fourth-order valence-electron chi connectivity index (χ4n) is 2.49. The molecular formula is C14H19FN2O4S. The van der Waals surface area contributed by atoms with E-state index in [1.54, 1.807) is 7.05 Å². The van der Waals surface area contributed by atoms with Crippen molar-refractivity contribution in [1.82, 2.24) is 9.62 Å². The molecule has 6 nitrogen and oxygen atoms in total. The number of methoxy groups -OCH3 is 1. The lowest BCUT2D eigenvalue weighted by Crippen LogP contribution is -2.46. The van der Waals surface area contributed by atoms with E-state index in [1.165, 1.54) is 4.31 Å². The summed E-state index contributed by atoms with van der Waals surface area (Å²) >= 11 is 0. The Morgan fingerprint density at radius 3 is 2.77 bits per heavy atom. The zero-order chi connectivity index (χ0) is 16.3. The lowest BCUT2D eigenvalue weighted by Gasteiger charge is -2.31. The largest absolute Gasteiger partial charge is 0.465 e. The van der Waals surface area contributed by atoms with E-state index < -0.39 is 21.8 Å². The molecule has 1 atom stereocenters. The third-order valence-corrected chi connectivity index (χ3v) is 5.57. The van der Waals surface area contributed by atoms with E-state index in [0.29, 0.717) is 13.1 Å². The molecule has 0 bridgehead atoms. The molecule has 1 N–H and O–H groups in total. The number of nitrogens with one attached hydrogen (secondary N) is 1. The van der Waals surface area contributed by atoms with Gasteiger partial charge in [0.15, 0.2) is 0 Å². The van der Waals surface area contributed by atoms with Crippen molar-refractivity contribution in [3.8, 4) is 0 Å². The van der Waals surface area contributed by atoms with Crippen molar-refractivity contribution in [3.05, 3.63) is 29.6 Å². The number of hydrogen-bond donors (Lipinski definition) is 1. The van der Waals surface area contributed by atoms with Crippen LogP contribution < -0.4 is 5.32 Å². The molecule has 1 aromatic rings. The van der Waals surface area contributed by atoms with Crippen molar-refractivity contribution in [2.24, 2.45) is 0 Å². The smallest absolute Gasteiger partial charge is 0.337 e. The number of carbonyl (C=O) groups excluding carboxylic acids is 1. The highest BCUT2D eigenvalue weighted by molar-refractivity contribution is 7.89. The van der Waals surface area contributed by atoms with Gasteiger partial charge in [-0.1, -0.05) is 0 Å². The molecule has 0 saturated carbocycles. The van der Waals surface area contributed by atoms with Crippen LogP contribution in [0, 0.1) is 5.82 Å². The molecule has 22 heavy (non-hydrogen) atoms. The van der Waals surface area contributed by atoms with E-state index in [4.69, 9.17) is 0 Å². The van der Waals surface area contributed by atoms with Crippen LogP contribution in [-0.2, 0) is 14.8 Å². The predicted molar refractivity (Wildman–Crippen MR) is 78.6 cm³/mol. The first-order valence-electron chi connectivity index (χ1n) is 6.95. The quantitative estimate of drug-likeness (QED) is 0.833. The van der Waals surface area contributed by atoms with Crippen LogP contribution in [0.4, 0.5) is 4.39 Å². The van der Waals surface area contributed by atoms with Crippen LogP contribution in [-0.4, -0.2) is 52.0 Å². The summed E-state index contributed by atoms with van der Waals surface area (Å²) in [6.45, 7) is 0.702. The van der Waals surface area contributed by atoms with Gasteiger partial charge < -0.3 is 10.1 Å². The predicted octanol–water partition coefficient (Wildman–Crippen LogP) is 0.985. The summed E-state index contributed by atoms with van der Waals surface area (Å²) in [4.78, 5) is 11.3. The monoisotopic (exact) mass is 330 g/mol. The highest BCUT2D eigenvalue weighted by Gasteiger charge is 2.30. The molecule has 8 heteroatoms. The molecule has 1 heterocycles. The van der Waals surface area contributed by atoms with Crippen LogP contribution >= 0.6 is 0 Å². The Morgan fingerprint density at radius 1 is 1.41 bits per heavy atom. The van der Waals surface area contributed by atoms with Crippen molar-refractivity contribution in [1.29, 1.82) is 0 Å². The highest BCUT2D eigenvalue weighted by atomic mass is 32.2. The van der Waals surface area contributed by atoms with Gasteiger partial charge >= 0.3 is 5.97 Å². The van der Waals surface area contributed by atoms with Crippen LogP contribution in [0.25, 0.3) is 0 Å². The van der Waals surface area contributed by atoms with Gasteiger partial charge in [-0.3, -0.25) is 0 Å². The van der Waals surface area contributed by atoms with Gasteiger partial charge in [0.05, 0.1) is 17.6 Å². The maximum Gasteiger partial charge on any atom is 0.337 e. The number of hydrogen-bond acceptors (Lipinski definition) is 5. The summed E-state index contributed by atoms with van der Waals surface area (Å²) in [5.74, 6) is -1.56. The van der Waals surface area contributed by atoms with Gasteiger partial charge in [-0.15, -0.1) is 0 Å². The van der Waals surface area contributed by atoms with Crippen molar-refractivity contribution < 1.29 is 22.3 Å². The van der Waals surface area contributed by atoms with Crippen molar-refractivity contribution in [3.63, 3.8) is 0 Å². The van der Waals surface area contributed by atoms with E-state index in [9.17, 15) is 17.6 Å². The Balaban J connectivity index is 2.36. The minimum absolute atomic E-state index is 0.0668. The summed E-state index contributed by atoms with van der Waals surface area (Å²) < 4.78 is 44.8. The average Bonchev–Trinajstić information content (AvgIpc) is 2.53. The second kappa shape index (κ2) is 6.72. The number of esters is 1. The number of nitrogens with zero attached hydrogens (tertiary/aromatic N) is 1. The van der Waals surface area contributed by atoms with Gasteiger partial charge in [0.25, 0.3) is 0 Å². The molecule has 1 fully saturated rings. The fraction of sp³-hybridized carbons (Fsp3) is 0.500. The molecular weight excluding hydrogens is 311 g/mol. The summed E-state index contributed by atoms with van der Waals surface area (Å²) in [6, 6.07) is 3.09. The molecule has 0 aliphatic carbocycles. The Kier molecular flexibility index (Phi) is 5.15. The molecule has 0 radical (unpaired) electrons. The van der Waals surface area contributed by atoms with Gasteiger partial charge in [0.2, 0.25) is 10.0 Å². The molecule has 0 amide bonds. The summed E-state index contributed by atoms with van der Waals surface area (Å²) in [5, 5.41) is 3.05. The molecule has 1 saturated heterocycles. The van der Waals surface area contributed by atoms with E-state index in [-0.39, 0.29) is 16.5 Å². The molecule has 122 valence electrons. The number of piperidine rings is 1. The third kappa shape index (κ3) is 3.45. The standard InChI is InChI=1S/C14H19FN2O4S/c1-16-12-4-3-5-17(9-12)22(19,20)13-7-10(14(18)21-2)6-11(15)8-13/h6-8,12,16H,3-5,9H2,1-2H3. The number of carbonyl (C=O) groups is 1. The lowest BCUT2D eigenvalue weighted by molar-refractivity contribution is 0.0600. The van der Waals surface area contributed by atoms with E-state index >= 15 is 0 Å². The Morgan fingerprint density at radius 2 is 2.14 bits per heavy atom. The zero-order valence-electron chi connectivity index (χ0n) is 12.5. The average molecular weight is 330 g/mol. The Bertz CT molecular complexity index is 663. The van der Waals surface area contributed by atoms with Crippen LogP contribution in [0.5, 0.6) is 0 Å². The minimum atomic E-state index is -3.85. The molecule has 0 aromatic heterocycles.